The molecule has 1 aliphatic rings. The highest BCUT2D eigenvalue weighted by Crippen LogP contribution is 2.25. The van der Waals surface area contributed by atoms with Gasteiger partial charge in [0.25, 0.3) is 5.91 Å². The van der Waals surface area contributed by atoms with E-state index in [1.807, 2.05) is 0 Å². The molecule has 0 spiro atoms. The number of anilines is 2. The molecule has 0 bridgehead atoms. The summed E-state index contributed by atoms with van der Waals surface area (Å²) in [6.45, 7) is 2.32. The Bertz CT molecular complexity index is 826. The zero-order valence-corrected chi connectivity index (χ0v) is 14.9. The second-order valence-corrected chi connectivity index (χ2v) is 6.42. The molecule has 0 unspecified atom stereocenters. The number of benzene rings is 2. The van der Waals surface area contributed by atoms with Crippen LogP contribution < -0.4 is 15.0 Å². The van der Waals surface area contributed by atoms with Crippen LogP contribution in [0.4, 0.5) is 15.8 Å². The smallest absolute Gasteiger partial charge is 0.265 e. The Kier molecular flexibility index (Phi) is 5.42. The summed E-state index contributed by atoms with van der Waals surface area (Å²) in [6.07, 6.45) is 0.650. The number of carbonyl (C=O) groups excluding carboxylic acids is 2. The van der Waals surface area contributed by atoms with Crippen LogP contribution >= 0.6 is 11.6 Å². The number of ether oxygens (including phenoxy) is 1. The number of carbonyl (C=O) groups is 2. The Morgan fingerprint density at radius 1 is 1.27 bits per heavy atom. The van der Waals surface area contributed by atoms with Gasteiger partial charge in [-0.05, 0) is 55.8 Å². The minimum absolute atomic E-state index is 0.114. The van der Waals surface area contributed by atoms with Crippen LogP contribution in [0.2, 0.25) is 5.02 Å². The molecule has 7 heteroatoms. The molecule has 1 N–H and O–H groups in total. The van der Waals surface area contributed by atoms with Gasteiger partial charge < -0.3 is 15.0 Å². The quantitative estimate of drug-likeness (QED) is 0.857. The molecule has 1 aliphatic heterocycles. The zero-order valence-electron chi connectivity index (χ0n) is 14.2. The lowest BCUT2D eigenvalue weighted by atomic mass is 10.2. The molecule has 2 aromatic rings. The van der Waals surface area contributed by atoms with Gasteiger partial charge in [0.1, 0.15) is 11.6 Å². The molecule has 2 amide bonds. The minimum atomic E-state index is -0.782. The molecule has 0 radical (unpaired) electrons. The summed E-state index contributed by atoms with van der Waals surface area (Å²) in [7, 11) is 0. The van der Waals surface area contributed by atoms with Crippen molar-refractivity contribution in [2.45, 2.75) is 25.9 Å². The number of nitrogens with zero attached hydrogens (tertiary/aromatic N) is 1. The maximum atomic E-state index is 13.1. The van der Waals surface area contributed by atoms with Crippen molar-refractivity contribution in [3.8, 4) is 5.75 Å². The summed E-state index contributed by atoms with van der Waals surface area (Å²) in [5.41, 5.74) is 1.13. The van der Waals surface area contributed by atoms with Crippen LogP contribution in [0.3, 0.4) is 0 Å². The number of hydrogen-bond donors (Lipinski definition) is 1. The van der Waals surface area contributed by atoms with E-state index in [-0.39, 0.29) is 10.9 Å². The monoisotopic (exact) mass is 376 g/mol. The summed E-state index contributed by atoms with van der Waals surface area (Å²) in [4.78, 5) is 25.7. The van der Waals surface area contributed by atoms with Crippen molar-refractivity contribution in [1.82, 2.24) is 0 Å². The summed E-state index contributed by atoms with van der Waals surface area (Å²) in [5.74, 6) is -0.262. The Morgan fingerprint density at radius 2 is 2.00 bits per heavy atom. The maximum Gasteiger partial charge on any atom is 0.265 e. The Labute approximate surface area is 155 Å². The first-order valence-corrected chi connectivity index (χ1v) is 8.65. The highest BCUT2D eigenvalue weighted by Gasteiger charge is 2.22. The molecule has 26 heavy (non-hydrogen) atoms. The van der Waals surface area contributed by atoms with E-state index in [2.05, 4.69) is 5.32 Å². The van der Waals surface area contributed by atoms with Gasteiger partial charge in [0, 0.05) is 18.7 Å². The van der Waals surface area contributed by atoms with E-state index in [1.165, 1.54) is 12.1 Å². The fraction of sp³-hybridized carbons (Fsp3) is 0.263. The van der Waals surface area contributed by atoms with Crippen molar-refractivity contribution in [3.63, 3.8) is 0 Å². The lowest BCUT2D eigenvalue weighted by Crippen LogP contribution is -2.30. The van der Waals surface area contributed by atoms with Gasteiger partial charge in [-0.3, -0.25) is 9.59 Å². The minimum Gasteiger partial charge on any atom is -0.481 e. The van der Waals surface area contributed by atoms with Crippen molar-refractivity contribution < 1.29 is 18.7 Å². The van der Waals surface area contributed by atoms with Crippen LogP contribution in [0.1, 0.15) is 19.8 Å². The van der Waals surface area contributed by atoms with Gasteiger partial charge >= 0.3 is 0 Å². The van der Waals surface area contributed by atoms with Crippen molar-refractivity contribution in [2.75, 3.05) is 16.8 Å². The lowest BCUT2D eigenvalue weighted by Gasteiger charge is -2.18. The van der Waals surface area contributed by atoms with Gasteiger partial charge in [0.2, 0.25) is 5.91 Å². The van der Waals surface area contributed by atoms with E-state index in [1.54, 1.807) is 36.1 Å². The van der Waals surface area contributed by atoms with E-state index in [9.17, 15) is 14.0 Å². The molecule has 2 aromatic carbocycles. The van der Waals surface area contributed by atoms with Crippen LogP contribution in [0.15, 0.2) is 42.5 Å². The highest BCUT2D eigenvalue weighted by atomic mass is 35.5. The van der Waals surface area contributed by atoms with Gasteiger partial charge in [-0.2, -0.15) is 0 Å². The predicted octanol–water partition coefficient (Wildman–Crippen LogP) is 4.01. The molecule has 0 aliphatic carbocycles. The fourth-order valence-electron chi connectivity index (χ4n) is 2.71. The summed E-state index contributed by atoms with van der Waals surface area (Å²) in [5, 5.41) is 2.72. The van der Waals surface area contributed by atoms with E-state index < -0.39 is 17.8 Å². The fourth-order valence-corrected chi connectivity index (χ4v) is 2.92. The van der Waals surface area contributed by atoms with Gasteiger partial charge in [-0.25, -0.2) is 4.39 Å². The number of nitrogens with one attached hydrogen (secondary N) is 1. The molecule has 5 nitrogen and oxygen atoms in total. The first-order chi connectivity index (χ1) is 12.4. The predicted molar refractivity (Wildman–Crippen MR) is 98.2 cm³/mol. The van der Waals surface area contributed by atoms with Gasteiger partial charge in [0.15, 0.2) is 6.10 Å². The van der Waals surface area contributed by atoms with Gasteiger partial charge in [-0.1, -0.05) is 11.6 Å². The molecule has 0 saturated carbocycles. The van der Waals surface area contributed by atoms with Crippen molar-refractivity contribution in [3.05, 3.63) is 53.3 Å². The number of amides is 2. The molecule has 1 atom stereocenters. The van der Waals surface area contributed by atoms with Crippen LogP contribution in [0, 0.1) is 5.82 Å². The van der Waals surface area contributed by atoms with E-state index in [0.29, 0.717) is 17.9 Å². The molecule has 1 heterocycles. The Balaban J connectivity index is 1.61. The molecule has 1 saturated heterocycles. The summed E-state index contributed by atoms with van der Waals surface area (Å²) >= 11 is 5.90. The second-order valence-electron chi connectivity index (χ2n) is 6.02. The molecular weight excluding hydrogens is 359 g/mol. The Hall–Kier alpha value is -2.60. The molecular formula is C19H18ClFN2O3. The topological polar surface area (TPSA) is 58.6 Å². The van der Waals surface area contributed by atoms with Crippen LogP contribution in [-0.2, 0) is 9.59 Å². The lowest BCUT2D eigenvalue weighted by molar-refractivity contribution is -0.122. The van der Waals surface area contributed by atoms with Crippen molar-refractivity contribution >= 4 is 34.8 Å². The van der Waals surface area contributed by atoms with E-state index >= 15 is 0 Å². The average molecular weight is 377 g/mol. The first-order valence-electron chi connectivity index (χ1n) is 8.27. The van der Waals surface area contributed by atoms with Gasteiger partial charge in [-0.15, -0.1) is 0 Å². The molecule has 3 rings (SSSR count). The normalized spacial score (nSPS) is 15.0. The number of rotatable bonds is 5. The third-order valence-corrected chi connectivity index (χ3v) is 4.41. The number of hydrogen-bond acceptors (Lipinski definition) is 3. The van der Waals surface area contributed by atoms with Crippen molar-refractivity contribution in [2.24, 2.45) is 0 Å². The van der Waals surface area contributed by atoms with Crippen LogP contribution in [0.5, 0.6) is 5.75 Å². The van der Waals surface area contributed by atoms with Crippen LogP contribution in [0.25, 0.3) is 0 Å². The number of halogens is 2. The standard InChI is InChI=1S/C19H18ClFN2O3/c1-12(19(25)22-17-9-4-13(21)11-16(17)20)26-15-7-5-14(6-8-15)23-10-2-3-18(23)24/h4-9,11-12H,2-3,10H2,1H3,(H,22,25)/t12-/m0/s1. The van der Waals surface area contributed by atoms with Gasteiger partial charge in [0.05, 0.1) is 10.7 Å². The SMILES string of the molecule is C[C@H](Oc1ccc(N2CCCC2=O)cc1)C(=O)Nc1ccc(F)cc1Cl. The third-order valence-electron chi connectivity index (χ3n) is 4.09. The molecule has 1 fully saturated rings. The van der Waals surface area contributed by atoms with E-state index in [0.717, 1.165) is 24.7 Å². The molecule has 136 valence electrons. The second kappa shape index (κ2) is 7.74. The maximum absolute atomic E-state index is 13.1. The zero-order chi connectivity index (χ0) is 18.7. The van der Waals surface area contributed by atoms with Crippen LogP contribution in [-0.4, -0.2) is 24.5 Å². The first kappa shape index (κ1) is 18.2. The Morgan fingerprint density at radius 3 is 2.62 bits per heavy atom. The summed E-state index contributed by atoms with van der Waals surface area (Å²) < 4.78 is 18.7. The largest absolute Gasteiger partial charge is 0.481 e. The van der Waals surface area contributed by atoms with Crippen molar-refractivity contribution in [1.29, 1.82) is 0 Å². The highest BCUT2D eigenvalue weighted by molar-refractivity contribution is 6.33. The average Bonchev–Trinajstić information content (AvgIpc) is 3.04. The third kappa shape index (κ3) is 4.14. The van der Waals surface area contributed by atoms with E-state index in [4.69, 9.17) is 16.3 Å². The molecule has 0 aromatic heterocycles. The summed E-state index contributed by atoms with van der Waals surface area (Å²) in [6, 6.07) is 10.8.